The van der Waals surface area contributed by atoms with E-state index in [1.54, 1.807) is 0 Å². The average Bonchev–Trinajstić information content (AvgIpc) is 3.10. The molecular formula is C27H26IrNO3-. The molecule has 0 aliphatic heterocycles. The summed E-state index contributed by atoms with van der Waals surface area (Å²) in [6.45, 7) is 4.92. The maximum Gasteiger partial charge on any atom is 0.155 e. The molecule has 5 heteroatoms. The normalized spacial score (nSPS) is 13.2. The number of aliphatic hydroxyl groups is 1. The molecular weight excluding hydrogens is 579 g/mol. The fraction of sp³-hybridized carbons (Fsp3) is 0.259. The van der Waals surface area contributed by atoms with Crippen molar-refractivity contribution in [3.05, 3.63) is 77.2 Å². The number of hydrogen-bond acceptors (Lipinski definition) is 4. The largest absolute Gasteiger partial charge is 0.512 e. The van der Waals surface area contributed by atoms with E-state index in [2.05, 4.69) is 48.3 Å². The Morgan fingerprint density at radius 1 is 1.09 bits per heavy atom. The van der Waals surface area contributed by atoms with Gasteiger partial charge in [-0.1, -0.05) is 6.92 Å². The van der Waals surface area contributed by atoms with Crippen LogP contribution in [0.3, 0.4) is 0 Å². The van der Waals surface area contributed by atoms with Crippen LogP contribution in [0.15, 0.2) is 58.8 Å². The molecule has 1 aliphatic carbocycles. The van der Waals surface area contributed by atoms with Crippen LogP contribution < -0.4 is 0 Å². The number of pyridine rings is 1. The topological polar surface area (TPSA) is 63.3 Å². The van der Waals surface area contributed by atoms with E-state index in [0.29, 0.717) is 0 Å². The Labute approximate surface area is 201 Å². The Kier molecular flexibility index (Phi) is 7.65. The van der Waals surface area contributed by atoms with E-state index in [1.807, 2.05) is 12.3 Å². The molecule has 0 fully saturated rings. The molecule has 0 amide bonds. The molecule has 5 rings (SSSR count). The molecule has 1 aliphatic rings. The smallest absolute Gasteiger partial charge is 0.155 e. The molecule has 1 N–H and O–H groups in total. The van der Waals surface area contributed by atoms with Crippen LogP contribution >= 0.6 is 0 Å². The van der Waals surface area contributed by atoms with Crippen molar-refractivity contribution >= 4 is 27.7 Å². The molecule has 0 saturated heterocycles. The molecule has 32 heavy (non-hydrogen) atoms. The molecule has 0 atom stereocenters. The van der Waals surface area contributed by atoms with E-state index >= 15 is 0 Å². The van der Waals surface area contributed by atoms with Crippen molar-refractivity contribution in [1.29, 1.82) is 0 Å². The molecule has 0 bridgehead atoms. The minimum Gasteiger partial charge on any atom is -0.512 e. The number of hydrogen-bond donors (Lipinski definition) is 1. The number of allylic oxidation sites excluding steroid dienone is 2. The van der Waals surface area contributed by atoms with Crippen molar-refractivity contribution in [2.24, 2.45) is 0 Å². The number of ketones is 1. The average molecular weight is 605 g/mol. The minimum absolute atomic E-state index is 0. The molecule has 2 aromatic carbocycles. The van der Waals surface area contributed by atoms with Crippen LogP contribution in [0, 0.1) is 13.0 Å². The van der Waals surface area contributed by atoms with E-state index in [-0.39, 0.29) is 31.6 Å². The third-order valence-corrected chi connectivity index (χ3v) is 5.49. The second kappa shape index (κ2) is 10.2. The van der Waals surface area contributed by atoms with Crippen molar-refractivity contribution in [3.8, 4) is 11.3 Å². The van der Waals surface area contributed by atoms with Gasteiger partial charge in [0.1, 0.15) is 11.2 Å². The number of benzene rings is 2. The van der Waals surface area contributed by atoms with Gasteiger partial charge >= 0.3 is 0 Å². The Morgan fingerprint density at radius 3 is 2.41 bits per heavy atom. The van der Waals surface area contributed by atoms with Gasteiger partial charge in [0, 0.05) is 48.8 Å². The van der Waals surface area contributed by atoms with Crippen molar-refractivity contribution in [2.75, 3.05) is 0 Å². The zero-order valence-corrected chi connectivity index (χ0v) is 20.9. The van der Waals surface area contributed by atoms with Gasteiger partial charge in [0.05, 0.1) is 5.76 Å². The van der Waals surface area contributed by atoms with Gasteiger partial charge in [0.2, 0.25) is 0 Å². The van der Waals surface area contributed by atoms with Crippen molar-refractivity contribution in [2.45, 2.75) is 46.5 Å². The second-order valence-electron chi connectivity index (χ2n) is 8.14. The Morgan fingerprint density at radius 2 is 1.81 bits per heavy atom. The van der Waals surface area contributed by atoms with Crippen LogP contribution in [-0.2, 0) is 37.7 Å². The minimum atomic E-state index is -0.125. The number of nitrogens with zero attached hydrogens (tertiary/aromatic N) is 1. The fourth-order valence-corrected chi connectivity index (χ4v) is 4.07. The van der Waals surface area contributed by atoms with Gasteiger partial charge < -0.3 is 14.5 Å². The zero-order chi connectivity index (χ0) is 22.0. The van der Waals surface area contributed by atoms with Crippen LogP contribution in [0.25, 0.3) is 33.2 Å². The van der Waals surface area contributed by atoms with Gasteiger partial charge in [-0.2, -0.15) is 0 Å². The third-order valence-electron chi connectivity index (χ3n) is 5.49. The number of fused-ring (bicyclic) bond motifs is 4. The van der Waals surface area contributed by atoms with Gasteiger partial charge in [-0.25, -0.2) is 0 Å². The molecule has 1 radical (unpaired) electrons. The predicted octanol–water partition coefficient (Wildman–Crippen LogP) is 6.67. The van der Waals surface area contributed by atoms with Crippen LogP contribution in [0.5, 0.6) is 0 Å². The quantitative estimate of drug-likeness (QED) is 0.158. The standard InChI is InChI=1S/C22H18NO.C5H8O2.Ir/c1-14-6-8-15(9-7-14)21-22-18(10-11-23-21)19-12-16-4-2-3-5-17(16)13-20(19)24-22;1-4(6)3-5(2)7;/h6-8,10-13H,2-5H2,1H3;3,6H,1-2H3;/q-1;;/b;4-3-;. The zero-order valence-electron chi connectivity index (χ0n) is 18.5. The summed E-state index contributed by atoms with van der Waals surface area (Å²) in [5.74, 6) is -0.0625. The first kappa shape index (κ1) is 23.9. The monoisotopic (exact) mass is 605 g/mol. The maximum atomic E-state index is 10.0. The first-order valence-corrected chi connectivity index (χ1v) is 10.6. The van der Waals surface area contributed by atoms with Gasteiger partial charge in [0.15, 0.2) is 5.78 Å². The molecule has 0 spiro atoms. The molecule has 167 valence electrons. The summed E-state index contributed by atoms with van der Waals surface area (Å²) in [4.78, 5) is 14.6. The number of aliphatic hydroxyl groups excluding tert-OH is 1. The Hall–Kier alpha value is -2.75. The second-order valence-corrected chi connectivity index (χ2v) is 8.14. The summed E-state index contributed by atoms with van der Waals surface area (Å²) >= 11 is 0. The third kappa shape index (κ3) is 5.17. The predicted molar refractivity (Wildman–Crippen MR) is 124 cm³/mol. The van der Waals surface area contributed by atoms with Crippen LogP contribution in [0.2, 0.25) is 0 Å². The van der Waals surface area contributed by atoms with E-state index in [1.165, 1.54) is 67.7 Å². The Bertz CT molecular complexity index is 1280. The summed E-state index contributed by atoms with van der Waals surface area (Å²) in [5.41, 5.74) is 7.84. The summed E-state index contributed by atoms with van der Waals surface area (Å²) in [5, 5.41) is 10.7. The van der Waals surface area contributed by atoms with Crippen molar-refractivity contribution in [3.63, 3.8) is 0 Å². The maximum absolute atomic E-state index is 10.0. The summed E-state index contributed by atoms with van der Waals surface area (Å²) in [6, 6.07) is 16.1. The summed E-state index contributed by atoms with van der Waals surface area (Å²) in [7, 11) is 0. The number of rotatable bonds is 2. The van der Waals surface area contributed by atoms with Gasteiger partial charge in [-0.05, 0) is 68.9 Å². The van der Waals surface area contributed by atoms with Crippen LogP contribution in [0.1, 0.15) is 43.4 Å². The molecule has 4 nitrogen and oxygen atoms in total. The van der Waals surface area contributed by atoms with Gasteiger partial charge in [0.25, 0.3) is 0 Å². The molecule has 2 heterocycles. The first-order chi connectivity index (χ1) is 14.9. The number of carbonyl (C=O) groups excluding carboxylic acids is 1. The van der Waals surface area contributed by atoms with Crippen molar-refractivity contribution < 1.29 is 34.4 Å². The van der Waals surface area contributed by atoms with Crippen LogP contribution in [-0.4, -0.2) is 15.9 Å². The summed E-state index contributed by atoms with van der Waals surface area (Å²) < 4.78 is 6.25. The number of aromatic nitrogens is 1. The SMILES string of the molecule is CC(=O)/C=C(/C)O.Cc1c[c-]c(-c2nccc3c2oc2cc4c(cc23)CCCC4)cc1.[Ir]. The molecule has 2 aromatic heterocycles. The first-order valence-electron chi connectivity index (χ1n) is 10.6. The molecule has 0 saturated carbocycles. The van der Waals surface area contributed by atoms with E-state index in [0.717, 1.165) is 27.8 Å². The van der Waals surface area contributed by atoms with Crippen LogP contribution in [0.4, 0.5) is 0 Å². The van der Waals surface area contributed by atoms with Gasteiger partial charge in [-0.15, -0.1) is 35.4 Å². The Balaban J connectivity index is 0.000000318. The van der Waals surface area contributed by atoms with Crippen molar-refractivity contribution in [1.82, 2.24) is 4.98 Å². The fourth-order valence-electron chi connectivity index (χ4n) is 4.07. The molecule has 0 unspecified atom stereocenters. The van der Waals surface area contributed by atoms with Gasteiger partial charge in [-0.3, -0.25) is 4.79 Å². The number of aryl methyl sites for hydroxylation is 3. The number of furan rings is 1. The summed E-state index contributed by atoms with van der Waals surface area (Å²) in [6.07, 6.45) is 7.96. The number of carbonyl (C=O) groups is 1. The van der Waals surface area contributed by atoms with E-state index in [4.69, 9.17) is 9.52 Å². The molecule has 4 aromatic rings. The van der Waals surface area contributed by atoms with E-state index < -0.39 is 0 Å². The van der Waals surface area contributed by atoms with E-state index in [9.17, 15) is 4.79 Å².